The molecule has 8 nitrogen and oxygen atoms in total. The van der Waals surface area contributed by atoms with Gasteiger partial charge in [0.2, 0.25) is 10.0 Å². The molecular formula is C24H25N3O5S2. The third-order valence-corrected chi connectivity index (χ3v) is 7.47. The Bertz CT molecular complexity index is 1400. The molecule has 3 rings (SSSR count). The Morgan fingerprint density at radius 2 is 1.56 bits per heavy atom. The van der Waals surface area contributed by atoms with Gasteiger partial charge in [0, 0.05) is 11.3 Å². The second-order valence-corrected chi connectivity index (χ2v) is 11.1. The number of hydrogen-bond donors (Lipinski definition) is 2. The van der Waals surface area contributed by atoms with Crippen molar-refractivity contribution in [1.29, 1.82) is 0 Å². The summed E-state index contributed by atoms with van der Waals surface area (Å²) < 4.78 is 53.0. The first-order valence-corrected chi connectivity index (χ1v) is 13.5. The van der Waals surface area contributed by atoms with Gasteiger partial charge in [-0.2, -0.15) is 0 Å². The van der Waals surface area contributed by atoms with E-state index in [-0.39, 0.29) is 11.4 Å². The number of aryl methyl sites for hydroxylation is 1. The molecule has 0 unspecified atom stereocenters. The van der Waals surface area contributed by atoms with Crippen LogP contribution in [0, 0.1) is 6.92 Å². The van der Waals surface area contributed by atoms with Gasteiger partial charge in [-0.3, -0.25) is 13.8 Å². The summed E-state index contributed by atoms with van der Waals surface area (Å²) in [5, 5.41) is 2.70. The summed E-state index contributed by atoms with van der Waals surface area (Å²) in [7, 11) is -7.28. The molecule has 1 amide bonds. The highest BCUT2D eigenvalue weighted by molar-refractivity contribution is 7.92. The van der Waals surface area contributed by atoms with E-state index < -0.39 is 26.0 Å². The van der Waals surface area contributed by atoms with Crippen molar-refractivity contribution in [3.63, 3.8) is 0 Å². The van der Waals surface area contributed by atoms with Crippen molar-refractivity contribution in [1.82, 2.24) is 0 Å². The van der Waals surface area contributed by atoms with E-state index in [2.05, 4.69) is 16.6 Å². The van der Waals surface area contributed by atoms with Crippen molar-refractivity contribution in [3.05, 3.63) is 96.6 Å². The summed E-state index contributed by atoms with van der Waals surface area (Å²) >= 11 is 0. The summed E-state index contributed by atoms with van der Waals surface area (Å²) in [6, 6.07) is 18.9. The lowest BCUT2D eigenvalue weighted by atomic mass is 10.2. The number of anilines is 3. The number of nitrogens with one attached hydrogen (secondary N) is 2. The fraction of sp³-hybridized carbons (Fsp3) is 0.125. The van der Waals surface area contributed by atoms with Gasteiger partial charge in [0.05, 0.1) is 29.1 Å². The first-order chi connectivity index (χ1) is 16.0. The van der Waals surface area contributed by atoms with E-state index in [0.29, 0.717) is 22.6 Å². The fourth-order valence-corrected chi connectivity index (χ4v) is 5.15. The van der Waals surface area contributed by atoms with Gasteiger partial charge in [-0.05, 0) is 67.1 Å². The van der Waals surface area contributed by atoms with Crippen LogP contribution in [0.4, 0.5) is 17.1 Å². The lowest BCUT2D eigenvalue weighted by molar-refractivity contribution is 0.102. The minimum absolute atomic E-state index is 0.0567. The largest absolute Gasteiger partial charge is 0.322 e. The Balaban J connectivity index is 1.71. The second kappa shape index (κ2) is 10.1. The van der Waals surface area contributed by atoms with Crippen LogP contribution in [-0.4, -0.2) is 35.5 Å². The van der Waals surface area contributed by atoms with E-state index in [1.54, 1.807) is 25.1 Å². The summed E-state index contributed by atoms with van der Waals surface area (Å²) in [4.78, 5) is 12.6. The van der Waals surface area contributed by atoms with Gasteiger partial charge >= 0.3 is 0 Å². The molecule has 0 aromatic heterocycles. The molecule has 3 aromatic rings. The maximum Gasteiger partial charge on any atom is 0.261 e. The zero-order valence-electron chi connectivity index (χ0n) is 18.7. The highest BCUT2D eigenvalue weighted by Crippen LogP contribution is 2.22. The number of carbonyl (C=O) groups excluding carboxylic acids is 1. The minimum atomic E-state index is -3.79. The maximum atomic E-state index is 12.7. The van der Waals surface area contributed by atoms with E-state index in [1.807, 2.05) is 6.07 Å². The van der Waals surface area contributed by atoms with Gasteiger partial charge < -0.3 is 5.32 Å². The molecule has 2 N–H and O–H groups in total. The first-order valence-electron chi connectivity index (χ1n) is 10.2. The molecule has 10 heteroatoms. The van der Waals surface area contributed by atoms with Crippen LogP contribution in [0.25, 0.3) is 0 Å². The van der Waals surface area contributed by atoms with Gasteiger partial charge in [0.1, 0.15) is 0 Å². The SMILES string of the molecule is C=CCN(c1ccc(C(=O)Nc2ccc(S(=O)(=O)Nc3ccccc3C)cc2)cc1)S(C)(=O)=O. The number of hydrogen-bond acceptors (Lipinski definition) is 5. The van der Waals surface area contributed by atoms with Gasteiger partial charge in [-0.1, -0.05) is 24.3 Å². The second-order valence-electron chi connectivity index (χ2n) is 7.53. The third-order valence-electron chi connectivity index (χ3n) is 4.92. The van der Waals surface area contributed by atoms with E-state index in [1.165, 1.54) is 58.9 Å². The van der Waals surface area contributed by atoms with Crippen LogP contribution in [0.1, 0.15) is 15.9 Å². The van der Waals surface area contributed by atoms with Gasteiger partial charge in [0.15, 0.2) is 0 Å². The van der Waals surface area contributed by atoms with E-state index in [9.17, 15) is 21.6 Å². The first kappa shape index (κ1) is 25.0. The van der Waals surface area contributed by atoms with Crippen molar-refractivity contribution in [2.24, 2.45) is 0 Å². The fourth-order valence-electron chi connectivity index (χ4n) is 3.14. The quantitative estimate of drug-likeness (QED) is 0.432. The summed E-state index contributed by atoms with van der Waals surface area (Å²) in [5.74, 6) is -0.421. The molecule has 0 bridgehead atoms. The molecular weight excluding hydrogens is 474 g/mol. The van der Waals surface area contributed by atoms with Gasteiger partial charge in [-0.25, -0.2) is 16.8 Å². The molecule has 0 aliphatic heterocycles. The third kappa shape index (κ3) is 6.03. The van der Waals surface area contributed by atoms with Crippen LogP contribution < -0.4 is 14.3 Å². The molecule has 34 heavy (non-hydrogen) atoms. The molecule has 0 fully saturated rings. The van der Waals surface area contributed by atoms with E-state index in [0.717, 1.165) is 11.8 Å². The Morgan fingerprint density at radius 1 is 0.941 bits per heavy atom. The molecule has 3 aromatic carbocycles. The van der Waals surface area contributed by atoms with Crippen LogP contribution in [0.15, 0.2) is 90.3 Å². The number of benzene rings is 3. The smallest absolute Gasteiger partial charge is 0.261 e. The van der Waals surface area contributed by atoms with E-state index in [4.69, 9.17) is 0 Å². The van der Waals surface area contributed by atoms with Crippen molar-refractivity contribution in [3.8, 4) is 0 Å². The molecule has 178 valence electrons. The van der Waals surface area contributed by atoms with Crippen molar-refractivity contribution in [2.45, 2.75) is 11.8 Å². The van der Waals surface area contributed by atoms with E-state index >= 15 is 0 Å². The lowest BCUT2D eigenvalue weighted by Gasteiger charge is -2.20. The topological polar surface area (TPSA) is 113 Å². The molecule has 0 atom stereocenters. The Morgan fingerprint density at radius 3 is 2.12 bits per heavy atom. The highest BCUT2D eigenvalue weighted by atomic mass is 32.2. The summed E-state index contributed by atoms with van der Waals surface area (Å²) in [6.07, 6.45) is 2.57. The molecule has 0 spiro atoms. The van der Waals surface area contributed by atoms with Crippen molar-refractivity contribution in [2.75, 3.05) is 27.1 Å². The summed E-state index contributed by atoms with van der Waals surface area (Å²) in [6.45, 7) is 5.48. The number of amides is 1. The number of para-hydroxylation sites is 1. The van der Waals surface area contributed by atoms with Crippen LogP contribution >= 0.6 is 0 Å². The predicted octanol–water partition coefficient (Wildman–Crippen LogP) is 4.00. The van der Waals surface area contributed by atoms with Crippen LogP contribution in [-0.2, 0) is 20.0 Å². The molecule has 0 saturated carbocycles. The van der Waals surface area contributed by atoms with Crippen LogP contribution in [0.5, 0.6) is 0 Å². The van der Waals surface area contributed by atoms with Crippen molar-refractivity contribution >= 4 is 43.0 Å². The molecule has 0 radical (unpaired) electrons. The molecule has 0 aliphatic rings. The number of rotatable bonds is 9. The Hall–Kier alpha value is -3.63. The maximum absolute atomic E-state index is 12.7. The lowest BCUT2D eigenvalue weighted by Crippen LogP contribution is -2.29. The monoisotopic (exact) mass is 499 g/mol. The standard InChI is InChI=1S/C24H25N3O5S2/c1-4-17-27(33(3,29)30)21-13-9-19(10-14-21)24(28)25-20-11-15-22(16-12-20)34(31,32)26-23-8-6-5-7-18(23)2/h4-16,26H,1,17H2,2-3H3,(H,25,28). The molecule has 0 saturated heterocycles. The Kier molecular flexibility index (Phi) is 7.43. The number of nitrogens with zero attached hydrogens (tertiary/aromatic N) is 1. The average Bonchev–Trinajstić information content (AvgIpc) is 2.78. The predicted molar refractivity (Wildman–Crippen MR) is 135 cm³/mol. The summed E-state index contributed by atoms with van der Waals surface area (Å²) in [5.41, 5.74) is 2.42. The number of carbonyl (C=O) groups is 1. The van der Waals surface area contributed by atoms with Crippen LogP contribution in [0.2, 0.25) is 0 Å². The average molecular weight is 500 g/mol. The van der Waals surface area contributed by atoms with Gasteiger partial charge in [-0.15, -0.1) is 6.58 Å². The highest BCUT2D eigenvalue weighted by Gasteiger charge is 2.17. The van der Waals surface area contributed by atoms with Crippen LogP contribution in [0.3, 0.4) is 0 Å². The zero-order valence-corrected chi connectivity index (χ0v) is 20.4. The molecule has 0 heterocycles. The molecule has 0 aliphatic carbocycles. The van der Waals surface area contributed by atoms with Crippen molar-refractivity contribution < 1.29 is 21.6 Å². The number of sulfonamides is 2. The zero-order chi connectivity index (χ0) is 24.9. The van der Waals surface area contributed by atoms with Gasteiger partial charge in [0.25, 0.3) is 15.9 Å². The normalized spacial score (nSPS) is 11.5. The minimum Gasteiger partial charge on any atom is -0.322 e. The Labute approximate surface area is 200 Å².